The van der Waals surface area contributed by atoms with Crippen molar-refractivity contribution < 1.29 is 13.2 Å². The first kappa shape index (κ1) is 20.3. The fourth-order valence-electron chi connectivity index (χ4n) is 3.29. The zero-order valence-corrected chi connectivity index (χ0v) is 17.4. The summed E-state index contributed by atoms with van der Waals surface area (Å²) >= 11 is 0. The molecule has 0 amide bonds. The average molecular weight is 425 g/mol. The molecule has 1 N–H and O–H groups in total. The van der Waals surface area contributed by atoms with Crippen molar-refractivity contribution >= 4 is 16.0 Å². The van der Waals surface area contributed by atoms with Crippen molar-refractivity contribution in [3.05, 3.63) is 72.6 Å². The second-order valence-electron chi connectivity index (χ2n) is 7.11. The van der Waals surface area contributed by atoms with Gasteiger partial charge in [-0.05, 0) is 61.7 Å². The highest BCUT2D eigenvalue weighted by molar-refractivity contribution is 7.89. The summed E-state index contributed by atoms with van der Waals surface area (Å²) in [5, 5.41) is 0. The van der Waals surface area contributed by atoms with E-state index in [1.54, 1.807) is 24.4 Å². The molecular weight excluding hydrogens is 400 g/mol. The van der Waals surface area contributed by atoms with Gasteiger partial charge in [0.2, 0.25) is 16.0 Å². The van der Waals surface area contributed by atoms with Crippen LogP contribution in [-0.2, 0) is 16.6 Å². The van der Waals surface area contributed by atoms with E-state index in [9.17, 15) is 8.42 Å². The normalized spacial score (nSPS) is 14.5. The molecule has 7 nitrogen and oxygen atoms in total. The molecule has 2 heterocycles. The zero-order chi connectivity index (χ0) is 20.8. The van der Waals surface area contributed by atoms with Crippen molar-refractivity contribution in [3.63, 3.8) is 0 Å². The highest BCUT2D eigenvalue weighted by atomic mass is 32.2. The Hall–Kier alpha value is -2.97. The van der Waals surface area contributed by atoms with Crippen molar-refractivity contribution in [1.82, 2.24) is 14.7 Å². The van der Waals surface area contributed by atoms with Crippen molar-refractivity contribution in [3.8, 4) is 11.5 Å². The number of anilines is 1. The van der Waals surface area contributed by atoms with Crippen LogP contribution in [0.15, 0.2) is 71.8 Å². The molecule has 2 aromatic carbocycles. The standard InChI is InChI=1S/C22H24N4O3S/c27-30(28,21-11-9-20(10-12-21)29-19-7-3-1-4-8-19)24-17-18-13-14-23-22(25-18)26-15-5-2-6-16-26/h1,3-4,7-14,24H,2,5-6,15-17H2. The number of piperidine rings is 1. The third kappa shape index (κ3) is 5.14. The summed E-state index contributed by atoms with van der Waals surface area (Å²) in [5.74, 6) is 1.93. The van der Waals surface area contributed by atoms with Gasteiger partial charge in [0.25, 0.3) is 0 Å². The Bertz CT molecular complexity index is 1070. The number of rotatable bonds is 7. The first-order valence-electron chi connectivity index (χ1n) is 10.00. The van der Waals surface area contributed by atoms with Crippen LogP contribution in [0.1, 0.15) is 25.0 Å². The lowest BCUT2D eigenvalue weighted by Gasteiger charge is -2.26. The summed E-state index contributed by atoms with van der Waals surface area (Å²) in [6.45, 7) is 1.98. The minimum atomic E-state index is -3.67. The maximum Gasteiger partial charge on any atom is 0.240 e. The summed E-state index contributed by atoms with van der Waals surface area (Å²) in [7, 11) is -3.67. The van der Waals surface area contributed by atoms with Crippen LogP contribution in [0.25, 0.3) is 0 Å². The molecule has 0 atom stereocenters. The summed E-state index contributed by atoms with van der Waals surface area (Å²) < 4.78 is 33.6. The molecule has 1 fully saturated rings. The van der Waals surface area contributed by atoms with E-state index < -0.39 is 10.0 Å². The number of nitrogens with zero attached hydrogens (tertiary/aromatic N) is 3. The molecule has 30 heavy (non-hydrogen) atoms. The molecule has 0 saturated carbocycles. The summed E-state index contributed by atoms with van der Waals surface area (Å²) in [4.78, 5) is 11.2. The second kappa shape index (κ2) is 9.23. The van der Waals surface area contributed by atoms with Gasteiger partial charge in [0, 0.05) is 19.3 Å². The third-order valence-electron chi connectivity index (χ3n) is 4.90. The third-order valence-corrected chi connectivity index (χ3v) is 6.31. The van der Waals surface area contributed by atoms with Gasteiger partial charge in [-0.2, -0.15) is 0 Å². The lowest BCUT2D eigenvalue weighted by atomic mass is 10.1. The topological polar surface area (TPSA) is 84.4 Å². The summed E-state index contributed by atoms with van der Waals surface area (Å²) in [6.07, 6.45) is 5.16. The van der Waals surface area contributed by atoms with Crippen molar-refractivity contribution in [2.45, 2.75) is 30.7 Å². The smallest absolute Gasteiger partial charge is 0.240 e. The van der Waals surface area contributed by atoms with Crippen LogP contribution in [0, 0.1) is 0 Å². The van der Waals surface area contributed by atoms with E-state index in [-0.39, 0.29) is 11.4 Å². The van der Waals surface area contributed by atoms with Crippen LogP contribution in [0.5, 0.6) is 11.5 Å². The predicted molar refractivity (Wildman–Crippen MR) is 115 cm³/mol. The molecule has 1 aliphatic heterocycles. The molecule has 0 radical (unpaired) electrons. The quantitative estimate of drug-likeness (QED) is 0.622. The Morgan fingerprint density at radius 1 is 0.900 bits per heavy atom. The van der Waals surface area contributed by atoms with Crippen LogP contribution < -0.4 is 14.4 Å². The highest BCUT2D eigenvalue weighted by Crippen LogP contribution is 2.22. The van der Waals surface area contributed by atoms with Gasteiger partial charge in [-0.1, -0.05) is 18.2 Å². The summed E-state index contributed by atoms with van der Waals surface area (Å²) in [6, 6.07) is 17.4. The van der Waals surface area contributed by atoms with E-state index in [4.69, 9.17) is 4.74 Å². The fourth-order valence-corrected chi connectivity index (χ4v) is 4.29. The molecule has 1 aliphatic rings. The minimum absolute atomic E-state index is 0.105. The molecule has 3 aromatic rings. The molecule has 0 unspecified atom stereocenters. The van der Waals surface area contributed by atoms with Gasteiger partial charge < -0.3 is 9.64 Å². The van der Waals surface area contributed by atoms with Crippen molar-refractivity contribution in [1.29, 1.82) is 0 Å². The average Bonchev–Trinajstić information content (AvgIpc) is 2.80. The van der Waals surface area contributed by atoms with Gasteiger partial charge in [0.15, 0.2) is 0 Å². The van der Waals surface area contributed by atoms with Gasteiger partial charge in [-0.25, -0.2) is 23.1 Å². The summed E-state index contributed by atoms with van der Waals surface area (Å²) in [5.41, 5.74) is 0.637. The molecule has 0 spiro atoms. The highest BCUT2D eigenvalue weighted by Gasteiger charge is 2.16. The lowest BCUT2D eigenvalue weighted by Crippen LogP contribution is -2.31. The minimum Gasteiger partial charge on any atom is -0.457 e. The Balaban J connectivity index is 1.39. The van der Waals surface area contributed by atoms with Gasteiger partial charge in [0.1, 0.15) is 11.5 Å². The number of hydrogen-bond acceptors (Lipinski definition) is 6. The number of ether oxygens (including phenoxy) is 1. The fraction of sp³-hybridized carbons (Fsp3) is 0.273. The van der Waals surface area contributed by atoms with E-state index in [1.807, 2.05) is 30.3 Å². The molecular formula is C22H24N4O3S. The monoisotopic (exact) mass is 424 g/mol. The van der Waals surface area contributed by atoms with E-state index in [1.165, 1.54) is 18.6 Å². The molecule has 156 valence electrons. The van der Waals surface area contributed by atoms with Gasteiger partial charge in [-0.15, -0.1) is 0 Å². The molecule has 0 bridgehead atoms. The molecule has 0 aliphatic carbocycles. The lowest BCUT2D eigenvalue weighted by molar-refractivity contribution is 0.482. The maximum atomic E-state index is 12.7. The molecule has 1 saturated heterocycles. The molecule has 8 heteroatoms. The van der Waals surface area contributed by atoms with Gasteiger partial charge in [0.05, 0.1) is 17.1 Å². The van der Waals surface area contributed by atoms with Gasteiger partial charge in [-0.3, -0.25) is 0 Å². The van der Waals surface area contributed by atoms with Crippen LogP contribution >= 0.6 is 0 Å². The number of nitrogens with one attached hydrogen (secondary N) is 1. The van der Waals surface area contributed by atoms with E-state index in [0.717, 1.165) is 25.9 Å². The van der Waals surface area contributed by atoms with Crippen molar-refractivity contribution in [2.75, 3.05) is 18.0 Å². The zero-order valence-electron chi connectivity index (χ0n) is 16.6. The molecule has 4 rings (SSSR count). The van der Waals surface area contributed by atoms with E-state index in [0.29, 0.717) is 23.1 Å². The SMILES string of the molecule is O=S(=O)(NCc1ccnc(N2CCCCC2)n1)c1ccc(Oc2ccccc2)cc1. The van der Waals surface area contributed by atoms with Crippen molar-refractivity contribution in [2.24, 2.45) is 0 Å². The number of benzene rings is 2. The first-order chi connectivity index (χ1) is 14.6. The van der Waals surface area contributed by atoms with Crippen LogP contribution in [0.4, 0.5) is 5.95 Å². The Labute approximate surface area is 176 Å². The number of para-hydroxylation sites is 1. The van der Waals surface area contributed by atoms with Crippen LogP contribution in [0.3, 0.4) is 0 Å². The Morgan fingerprint density at radius 2 is 1.60 bits per heavy atom. The number of sulfonamides is 1. The van der Waals surface area contributed by atoms with Gasteiger partial charge >= 0.3 is 0 Å². The van der Waals surface area contributed by atoms with Crippen LogP contribution in [-0.4, -0.2) is 31.5 Å². The van der Waals surface area contributed by atoms with E-state index in [2.05, 4.69) is 19.6 Å². The predicted octanol–water partition coefficient (Wildman–Crippen LogP) is 3.74. The Morgan fingerprint density at radius 3 is 2.33 bits per heavy atom. The molecule has 1 aromatic heterocycles. The maximum absolute atomic E-state index is 12.7. The first-order valence-corrected chi connectivity index (χ1v) is 11.5. The van der Waals surface area contributed by atoms with Crippen LogP contribution in [0.2, 0.25) is 0 Å². The number of hydrogen-bond donors (Lipinski definition) is 1. The largest absolute Gasteiger partial charge is 0.457 e. The second-order valence-corrected chi connectivity index (χ2v) is 8.87. The number of aromatic nitrogens is 2. The Kier molecular flexibility index (Phi) is 6.25. The van der Waals surface area contributed by atoms with E-state index >= 15 is 0 Å².